The smallest absolute Gasteiger partial charge is 0.156 e. The number of allylic oxidation sites excluding steroid dienone is 1. The molecule has 0 aromatic carbocycles. The summed E-state index contributed by atoms with van der Waals surface area (Å²) < 4.78 is 0.255. The summed E-state index contributed by atoms with van der Waals surface area (Å²) in [6.07, 6.45) is 0. The van der Waals surface area contributed by atoms with Crippen molar-refractivity contribution in [3.63, 3.8) is 0 Å². The van der Waals surface area contributed by atoms with Crippen LogP contribution in [0, 0.1) is 27.6 Å². The first-order valence-corrected chi connectivity index (χ1v) is 5.47. The fraction of sp³-hybridized carbons (Fsp3) is 0.500. The molecule has 14 heavy (non-hydrogen) atoms. The summed E-state index contributed by atoms with van der Waals surface area (Å²) in [4.78, 5) is 10.5. The molecule has 1 unspecified atom stereocenters. The van der Waals surface area contributed by atoms with E-state index in [2.05, 4.69) is 5.18 Å². The normalized spacial score (nSPS) is 23.7. The van der Waals surface area contributed by atoms with Crippen molar-refractivity contribution in [1.82, 2.24) is 0 Å². The molecule has 0 saturated carbocycles. The molecule has 1 saturated heterocycles. The zero-order valence-electron chi connectivity index (χ0n) is 7.64. The Labute approximate surface area is 90.3 Å². The van der Waals surface area contributed by atoms with Gasteiger partial charge in [-0.2, -0.15) is 10.5 Å². The molecule has 72 valence electrons. The van der Waals surface area contributed by atoms with Gasteiger partial charge in [-0.1, -0.05) is 16.9 Å². The monoisotopic (exact) mass is 225 g/mol. The summed E-state index contributed by atoms with van der Waals surface area (Å²) in [7, 11) is 0. The number of hydrogen-bond donors (Lipinski definition) is 0. The van der Waals surface area contributed by atoms with Crippen LogP contribution in [0.25, 0.3) is 0 Å². The van der Waals surface area contributed by atoms with Crippen LogP contribution in [-0.2, 0) is 0 Å². The Morgan fingerprint density at radius 3 is 2.43 bits per heavy atom. The van der Waals surface area contributed by atoms with Crippen LogP contribution in [0.15, 0.2) is 15.0 Å². The maximum absolute atomic E-state index is 10.5. The van der Waals surface area contributed by atoms with E-state index in [0.717, 1.165) is 0 Å². The lowest BCUT2D eigenvalue weighted by atomic mass is 10.2. The molecule has 1 rings (SSSR count). The highest BCUT2D eigenvalue weighted by Gasteiger charge is 2.42. The Kier molecular flexibility index (Phi) is 3.20. The van der Waals surface area contributed by atoms with Crippen LogP contribution in [0.2, 0.25) is 0 Å². The van der Waals surface area contributed by atoms with Gasteiger partial charge in [-0.25, -0.2) is 0 Å². The fourth-order valence-electron chi connectivity index (χ4n) is 0.931. The van der Waals surface area contributed by atoms with E-state index in [1.165, 1.54) is 23.5 Å². The highest BCUT2D eigenvalue weighted by molar-refractivity contribution is 8.26. The maximum Gasteiger partial charge on any atom is 0.156 e. The molecule has 1 aliphatic heterocycles. The first-order chi connectivity index (χ1) is 6.55. The van der Waals surface area contributed by atoms with Gasteiger partial charge < -0.3 is 0 Å². The molecular weight excluding hydrogens is 218 g/mol. The summed E-state index contributed by atoms with van der Waals surface area (Å²) in [6.45, 7) is 3.74. The summed E-state index contributed by atoms with van der Waals surface area (Å²) in [5.41, 5.74) is 0.0687. The predicted octanol–water partition coefficient (Wildman–Crippen LogP) is 2.60. The van der Waals surface area contributed by atoms with E-state index in [4.69, 9.17) is 10.5 Å². The van der Waals surface area contributed by atoms with Gasteiger partial charge >= 0.3 is 0 Å². The van der Waals surface area contributed by atoms with E-state index in [-0.39, 0.29) is 10.3 Å². The number of nitriles is 2. The van der Waals surface area contributed by atoms with E-state index in [9.17, 15) is 4.91 Å². The molecule has 1 fully saturated rings. The van der Waals surface area contributed by atoms with Crippen LogP contribution in [0.1, 0.15) is 13.8 Å². The molecule has 0 aliphatic carbocycles. The topological polar surface area (TPSA) is 77.0 Å². The Morgan fingerprint density at radius 2 is 2.07 bits per heavy atom. The minimum Gasteiger partial charge on any atom is -0.192 e. The second-order valence-electron chi connectivity index (χ2n) is 3.17. The molecular formula is C8H7N3OS2. The van der Waals surface area contributed by atoms with Crippen molar-refractivity contribution in [3.05, 3.63) is 14.7 Å². The molecule has 0 amide bonds. The Hall–Kier alpha value is -0.980. The molecule has 1 atom stereocenters. The minimum absolute atomic E-state index is 0.0687. The van der Waals surface area contributed by atoms with Gasteiger partial charge in [-0.05, 0) is 13.8 Å². The van der Waals surface area contributed by atoms with E-state index >= 15 is 0 Å². The quantitative estimate of drug-likeness (QED) is 0.506. The van der Waals surface area contributed by atoms with Crippen LogP contribution >= 0.6 is 23.5 Å². The average Bonchev–Trinajstić information content (AvgIpc) is 2.43. The Morgan fingerprint density at radius 1 is 1.50 bits per heavy atom. The van der Waals surface area contributed by atoms with Gasteiger partial charge in [0.1, 0.15) is 17.7 Å². The van der Waals surface area contributed by atoms with Crippen molar-refractivity contribution in [1.29, 1.82) is 10.5 Å². The molecule has 1 aliphatic rings. The lowest BCUT2D eigenvalue weighted by Crippen LogP contribution is -2.22. The molecule has 1 heterocycles. The number of hydrogen-bond acceptors (Lipinski definition) is 6. The molecule has 0 spiro atoms. The van der Waals surface area contributed by atoms with Gasteiger partial charge in [0.2, 0.25) is 0 Å². The van der Waals surface area contributed by atoms with Crippen molar-refractivity contribution < 1.29 is 0 Å². The summed E-state index contributed by atoms with van der Waals surface area (Å²) >= 11 is 2.55. The van der Waals surface area contributed by atoms with Gasteiger partial charge in [-0.15, -0.1) is 16.7 Å². The zero-order chi connectivity index (χ0) is 10.8. The molecule has 6 heteroatoms. The zero-order valence-corrected chi connectivity index (χ0v) is 9.28. The first-order valence-electron chi connectivity index (χ1n) is 3.77. The van der Waals surface area contributed by atoms with Crippen LogP contribution in [0.4, 0.5) is 0 Å². The van der Waals surface area contributed by atoms with Crippen molar-refractivity contribution >= 4 is 23.5 Å². The van der Waals surface area contributed by atoms with Crippen molar-refractivity contribution in [3.8, 4) is 12.1 Å². The maximum atomic E-state index is 10.5. The molecule has 4 nitrogen and oxygen atoms in total. The van der Waals surface area contributed by atoms with Crippen molar-refractivity contribution in [2.45, 2.75) is 24.0 Å². The van der Waals surface area contributed by atoms with Crippen molar-refractivity contribution in [2.75, 3.05) is 0 Å². The van der Waals surface area contributed by atoms with Gasteiger partial charge in [0.05, 0.1) is 8.98 Å². The van der Waals surface area contributed by atoms with Gasteiger partial charge in [0.15, 0.2) is 5.37 Å². The molecule has 0 aromatic heterocycles. The number of rotatable bonds is 1. The second-order valence-corrected chi connectivity index (χ2v) is 6.18. The van der Waals surface area contributed by atoms with Gasteiger partial charge in [0, 0.05) is 0 Å². The van der Waals surface area contributed by atoms with E-state index in [1.54, 1.807) is 0 Å². The highest BCUT2D eigenvalue weighted by atomic mass is 32.2. The molecule has 0 N–H and O–H groups in total. The van der Waals surface area contributed by atoms with Crippen molar-refractivity contribution in [2.24, 2.45) is 5.18 Å². The van der Waals surface area contributed by atoms with Gasteiger partial charge in [-0.3, -0.25) is 0 Å². The Balaban J connectivity index is 3.05. The SMILES string of the molecule is CC1(C)SC(=C(C#N)C#N)SC1N=O. The lowest BCUT2D eigenvalue weighted by molar-refractivity contribution is 0.689. The fourth-order valence-corrected chi connectivity index (χ4v) is 3.88. The summed E-state index contributed by atoms with van der Waals surface area (Å²) in [5, 5.41) is 19.8. The Bertz CT molecular complexity index is 359. The van der Waals surface area contributed by atoms with E-state index in [0.29, 0.717) is 4.24 Å². The molecule has 0 radical (unpaired) electrons. The third-order valence-corrected chi connectivity index (χ3v) is 4.84. The molecule has 0 bridgehead atoms. The minimum atomic E-state index is -0.431. The third kappa shape index (κ3) is 1.92. The lowest BCUT2D eigenvalue weighted by Gasteiger charge is -2.16. The van der Waals surface area contributed by atoms with E-state index < -0.39 is 5.37 Å². The van der Waals surface area contributed by atoms with Crippen LogP contribution in [-0.4, -0.2) is 10.1 Å². The van der Waals surface area contributed by atoms with Crippen LogP contribution < -0.4 is 0 Å². The molecule has 0 aromatic rings. The first kappa shape index (κ1) is 11.1. The second kappa shape index (κ2) is 4.04. The summed E-state index contributed by atoms with van der Waals surface area (Å²) in [5.74, 6) is 0. The van der Waals surface area contributed by atoms with Crippen LogP contribution in [0.3, 0.4) is 0 Å². The number of nitroso groups, excluding NO2 is 1. The third-order valence-electron chi connectivity index (χ3n) is 1.69. The summed E-state index contributed by atoms with van der Waals surface area (Å²) in [6, 6.07) is 3.62. The highest BCUT2D eigenvalue weighted by Crippen LogP contribution is 2.55. The average molecular weight is 225 g/mol. The number of thioether (sulfide) groups is 2. The number of nitrogens with zero attached hydrogens (tertiary/aromatic N) is 3. The standard InChI is InChI=1S/C8H7N3OS2/c1-8(2)7(11-12)13-6(14-8)5(3-9)4-10/h7H,1-2H3. The van der Waals surface area contributed by atoms with Gasteiger partial charge in [0.25, 0.3) is 0 Å². The largest absolute Gasteiger partial charge is 0.192 e. The predicted molar refractivity (Wildman–Crippen MR) is 57.1 cm³/mol. The van der Waals surface area contributed by atoms with E-state index in [1.807, 2.05) is 26.0 Å². The van der Waals surface area contributed by atoms with Crippen LogP contribution in [0.5, 0.6) is 0 Å².